The van der Waals surface area contributed by atoms with Gasteiger partial charge in [-0.3, -0.25) is 0 Å². The first-order chi connectivity index (χ1) is 10.2. The van der Waals surface area contributed by atoms with E-state index in [1.807, 2.05) is 31.3 Å². The summed E-state index contributed by atoms with van der Waals surface area (Å²) in [5.41, 5.74) is 2.14. The van der Waals surface area contributed by atoms with Crippen LogP contribution in [0.1, 0.15) is 30.0 Å². The van der Waals surface area contributed by atoms with Gasteiger partial charge in [-0.05, 0) is 31.0 Å². The van der Waals surface area contributed by atoms with Crippen LogP contribution in [0.15, 0.2) is 41.0 Å². The zero-order valence-electron chi connectivity index (χ0n) is 12.0. The van der Waals surface area contributed by atoms with E-state index in [0.717, 1.165) is 47.4 Å². The molecular weight excluding hydrogens is 264 g/mol. The maximum absolute atomic E-state index is 11.1. The van der Waals surface area contributed by atoms with Gasteiger partial charge in [-0.25, -0.2) is 4.98 Å². The van der Waals surface area contributed by atoms with E-state index in [1.165, 1.54) is 0 Å². The van der Waals surface area contributed by atoms with Gasteiger partial charge in [0.15, 0.2) is 0 Å². The summed E-state index contributed by atoms with van der Waals surface area (Å²) in [6.45, 7) is 0. The molecule has 4 rings (SSSR count). The number of aryl methyl sites for hydroxylation is 2. The second-order valence-corrected chi connectivity index (χ2v) is 5.90. The lowest BCUT2D eigenvalue weighted by Crippen LogP contribution is -2.33. The Morgan fingerprint density at radius 3 is 3.05 bits per heavy atom. The number of benzene rings is 1. The van der Waals surface area contributed by atoms with Gasteiger partial charge in [-0.2, -0.15) is 0 Å². The first-order valence-electron chi connectivity index (χ1n) is 7.37. The van der Waals surface area contributed by atoms with Crippen LogP contribution in [0.25, 0.3) is 11.0 Å². The molecular formula is C17H18N2O2. The minimum Gasteiger partial charge on any atom is -0.469 e. The lowest BCUT2D eigenvalue weighted by molar-refractivity contribution is 0.0145. The normalized spacial score (nSPS) is 21.6. The highest BCUT2D eigenvalue weighted by Gasteiger charge is 2.37. The average molecular weight is 282 g/mol. The summed E-state index contributed by atoms with van der Waals surface area (Å²) in [5, 5.41) is 11.1. The van der Waals surface area contributed by atoms with Gasteiger partial charge < -0.3 is 14.1 Å². The molecule has 108 valence electrons. The van der Waals surface area contributed by atoms with Gasteiger partial charge in [-0.15, -0.1) is 0 Å². The second-order valence-electron chi connectivity index (χ2n) is 5.90. The molecule has 0 bridgehead atoms. The van der Waals surface area contributed by atoms with Crippen molar-refractivity contribution in [3.8, 4) is 0 Å². The van der Waals surface area contributed by atoms with Crippen molar-refractivity contribution in [2.24, 2.45) is 7.05 Å². The molecule has 0 radical (unpaired) electrons. The molecule has 1 aliphatic rings. The van der Waals surface area contributed by atoms with Crippen LogP contribution in [-0.4, -0.2) is 14.7 Å². The first-order valence-corrected chi connectivity index (χ1v) is 7.37. The van der Waals surface area contributed by atoms with Crippen molar-refractivity contribution < 1.29 is 9.52 Å². The standard InChI is InChI=1S/C17H18N2O2/c1-19-14-6-3-2-5-13(14)18-16(19)11-17(20)9-4-7-15-12(17)8-10-21-15/h2-3,5-6,8,10,20H,4,7,9,11H2,1H3. The van der Waals surface area contributed by atoms with E-state index in [4.69, 9.17) is 4.42 Å². The number of hydrogen-bond acceptors (Lipinski definition) is 3. The molecule has 3 aromatic rings. The molecule has 0 amide bonds. The van der Waals surface area contributed by atoms with E-state index in [9.17, 15) is 5.11 Å². The predicted octanol–water partition coefficient (Wildman–Crippen LogP) is 2.93. The Bertz CT molecular complexity index is 802. The Labute approximate surface area is 123 Å². The summed E-state index contributed by atoms with van der Waals surface area (Å²) in [4.78, 5) is 4.68. The van der Waals surface area contributed by atoms with E-state index in [-0.39, 0.29) is 0 Å². The van der Waals surface area contributed by atoms with Crippen LogP contribution in [0.3, 0.4) is 0 Å². The van der Waals surface area contributed by atoms with Crippen molar-refractivity contribution in [1.82, 2.24) is 9.55 Å². The van der Waals surface area contributed by atoms with Crippen LogP contribution < -0.4 is 0 Å². The number of fused-ring (bicyclic) bond motifs is 2. The third-order valence-electron chi connectivity index (χ3n) is 4.57. The summed E-state index contributed by atoms with van der Waals surface area (Å²) in [6, 6.07) is 9.96. The SMILES string of the molecule is Cn1c(CC2(O)CCCc3occc32)nc2ccccc21. The quantitative estimate of drug-likeness (QED) is 0.786. The van der Waals surface area contributed by atoms with Crippen molar-refractivity contribution in [2.75, 3.05) is 0 Å². The number of para-hydroxylation sites is 2. The highest BCUT2D eigenvalue weighted by Crippen LogP contribution is 2.38. The van der Waals surface area contributed by atoms with Crippen molar-refractivity contribution >= 4 is 11.0 Å². The first kappa shape index (κ1) is 12.7. The molecule has 2 aromatic heterocycles. The van der Waals surface area contributed by atoms with Gasteiger partial charge in [-0.1, -0.05) is 12.1 Å². The number of rotatable bonds is 2. The summed E-state index contributed by atoms with van der Waals surface area (Å²) in [6.07, 6.45) is 4.80. The highest BCUT2D eigenvalue weighted by molar-refractivity contribution is 5.75. The molecule has 0 fully saturated rings. The molecule has 4 heteroatoms. The topological polar surface area (TPSA) is 51.2 Å². The molecule has 4 nitrogen and oxygen atoms in total. The molecule has 0 spiro atoms. The van der Waals surface area contributed by atoms with Crippen molar-refractivity contribution in [3.05, 3.63) is 53.7 Å². The van der Waals surface area contributed by atoms with Crippen molar-refractivity contribution in [1.29, 1.82) is 0 Å². The predicted molar refractivity (Wildman–Crippen MR) is 80.0 cm³/mol. The zero-order valence-corrected chi connectivity index (χ0v) is 12.0. The Morgan fingerprint density at radius 2 is 2.19 bits per heavy atom. The molecule has 2 heterocycles. The molecule has 1 aromatic carbocycles. The van der Waals surface area contributed by atoms with E-state index in [2.05, 4.69) is 15.6 Å². The number of furan rings is 1. The van der Waals surface area contributed by atoms with Gasteiger partial charge in [0, 0.05) is 25.5 Å². The molecule has 0 saturated heterocycles. The molecule has 0 aliphatic heterocycles. The lowest BCUT2D eigenvalue weighted by Gasteiger charge is -2.31. The van der Waals surface area contributed by atoms with Crippen LogP contribution in [0.2, 0.25) is 0 Å². The van der Waals surface area contributed by atoms with Crippen LogP contribution >= 0.6 is 0 Å². The molecule has 0 saturated carbocycles. The molecule has 21 heavy (non-hydrogen) atoms. The highest BCUT2D eigenvalue weighted by atomic mass is 16.3. The fourth-order valence-electron chi connectivity index (χ4n) is 3.42. The number of hydrogen-bond donors (Lipinski definition) is 1. The maximum atomic E-state index is 11.1. The summed E-state index contributed by atoms with van der Waals surface area (Å²) < 4.78 is 7.56. The van der Waals surface area contributed by atoms with E-state index in [0.29, 0.717) is 6.42 Å². The minimum absolute atomic E-state index is 0.519. The third kappa shape index (κ3) is 1.90. The molecule has 1 N–H and O–H groups in total. The molecule has 1 atom stereocenters. The van der Waals surface area contributed by atoms with E-state index in [1.54, 1.807) is 6.26 Å². The van der Waals surface area contributed by atoms with Gasteiger partial charge in [0.1, 0.15) is 17.2 Å². The fourth-order valence-corrected chi connectivity index (χ4v) is 3.42. The smallest absolute Gasteiger partial charge is 0.112 e. The molecule has 1 aliphatic carbocycles. The Hall–Kier alpha value is -2.07. The van der Waals surface area contributed by atoms with Crippen LogP contribution in [0.4, 0.5) is 0 Å². The minimum atomic E-state index is -0.865. The molecule has 1 unspecified atom stereocenters. The Balaban J connectivity index is 1.77. The van der Waals surface area contributed by atoms with Crippen LogP contribution in [0, 0.1) is 0 Å². The zero-order chi connectivity index (χ0) is 14.4. The number of imidazole rings is 1. The fraction of sp³-hybridized carbons (Fsp3) is 0.353. The summed E-state index contributed by atoms with van der Waals surface area (Å²) >= 11 is 0. The van der Waals surface area contributed by atoms with E-state index < -0.39 is 5.60 Å². The summed E-state index contributed by atoms with van der Waals surface area (Å²) in [5.74, 6) is 1.83. The number of nitrogens with zero attached hydrogens (tertiary/aromatic N) is 2. The number of aromatic nitrogens is 2. The van der Waals surface area contributed by atoms with Gasteiger partial charge in [0.05, 0.1) is 17.3 Å². The van der Waals surface area contributed by atoms with Gasteiger partial charge in [0.25, 0.3) is 0 Å². The number of aliphatic hydroxyl groups is 1. The lowest BCUT2D eigenvalue weighted by atomic mass is 9.80. The van der Waals surface area contributed by atoms with E-state index >= 15 is 0 Å². The van der Waals surface area contributed by atoms with Crippen LogP contribution in [-0.2, 0) is 25.5 Å². The third-order valence-corrected chi connectivity index (χ3v) is 4.57. The van der Waals surface area contributed by atoms with Gasteiger partial charge in [0.2, 0.25) is 0 Å². The average Bonchev–Trinajstić information content (AvgIpc) is 3.07. The summed E-state index contributed by atoms with van der Waals surface area (Å²) in [7, 11) is 2.01. The van der Waals surface area contributed by atoms with Crippen molar-refractivity contribution in [2.45, 2.75) is 31.3 Å². The maximum Gasteiger partial charge on any atom is 0.112 e. The second kappa shape index (κ2) is 4.46. The largest absolute Gasteiger partial charge is 0.469 e. The Morgan fingerprint density at radius 1 is 1.33 bits per heavy atom. The monoisotopic (exact) mass is 282 g/mol. The van der Waals surface area contributed by atoms with Gasteiger partial charge >= 0.3 is 0 Å². The van der Waals surface area contributed by atoms with Crippen LogP contribution in [0.5, 0.6) is 0 Å². The van der Waals surface area contributed by atoms with Crippen molar-refractivity contribution in [3.63, 3.8) is 0 Å². The Kier molecular flexibility index (Phi) is 2.69.